The lowest BCUT2D eigenvalue weighted by molar-refractivity contribution is 0.421. The van der Waals surface area contributed by atoms with Gasteiger partial charge in [-0.1, -0.05) is 26.7 Å². The van der Waals surface area contributed by atoms with Crippen molar-refractivity contribution >= 4 is 0 Å². The number of pyridine rings is 1. The maximum absolute atomic E-state index is 4.19. The third kappa shape index (κ3) is 3.60. The summed E-state index contributed by atoms with van der Waals surface area (Å²) in [6.07, 6.45) is 6.33. The van der Waals surface area contributed by atoms with Gasteiger partial charge in [-0.2, -0.15) is 0 Å². The molecule has 1 aromatic heterocycles. The molecule has 0 radical (unpaired) electrons. The van der Waals surface area contributed by atoms with Gasteiger partial charge in [0.15, 0.2) is 0 Å². The van der Waals surface area contributed by atoms with Crippen molar-refractivity contribution in [2.75, 3.05) is 6.54 Å². The summed E-state index contributed by atoms with van der Waals surface area (Å²) in [5.41, 5.74) is 2.63. The molecule has 16 heavy (non-hydrogen) atoms. The van der Waals surface area contributed by atoms with Gasteiger partial charge in [0.25, 0.3) is 0 Å². The van der Waals surface area contributed by atoms with Crippen LogP contribution in [0, 0.1) is 12.8 Å². The Labute approximate surface area is 99.5 Å². The monoisotopic (exact) mass is 220 g/mol. The summed E-state index contributed by atoms with van der Waals surface area (Å²) in [5, 5.41) is 3.60. The van der Waals surface area contributed by atoms with E-state index in [0.717, 1.165) is 12.5 Å². The predicted molar refractivity (Wildman–Crippen MR) is 69.5 cm³/mol. The van der Waals surface area contributed by atoms with Crippen molar-refractivity contribution in [2.45, 2.75) is 46.6 Å². The highest BCUT2D eigenvalue weighted by Gasteiger charge is 2.10. The number of hydrogen-bond acceptors (Lipinski definition) is 2. The van der Waals surface area contributed by atoms with Crippen LogP contribution in [-0.4, -0.2) is 11.5 Å². The summed E-state index contributed by atoms with van der Waals surface area (Å²) in [6.45, 7) is 9.98. The maximum atomic E-state index is 4.19. The Morgan fingerprint density at radius 2 is 2.00 bits per heavy atom. The lowest BCUT2D eigenvalue weighted by Gasteiger charge is -2.19. The van der Waals surface area contributed by atoms with Gasteiger partial charge in [-0.05, 0) is 43.5 Å². The van der Waals surface area contributed by atoms with Gasteiger partial charge in [-0.3, -0.25) is 4.98 Å². The zero-order valence-corrected chi connectivity index (χ0v) is 11.0. The Morgan fingerprint density at radius 1 is 1.31 bits per heavy atom. The van der Waals surface area contributed by atoms with Gasteiger partial charge in [-0.15, -0.1) is 0 Å². The smallest absolute Gasteiger partial charge is 0.0318 e. The normalized spacial score (nSPS) is 13.1. The molecule has 2 nitrogen and oxygen atoms in total. The van der Waals surface area contributed by atoms with Crippen molar-refractivity contribution in [1.29, 1.82) is 0 Å². The Bertz CT molecular complexity index is 305. The molecule has 1 atom stereocenters. The number of aromatic nitrogens is 1. The molecule has 0 saturated heterocycles. The van der Waals surface area contributed by atoms with Gasteiger partial charge >= 0.3 is 0 Å². The molecule has 0 spiro atoms. The Balaban J connectivity index is 2.52. The molecule has 1 unspecified atom stereocenters. The van der Waals surface area contributed by atoms with Crippen molar-refractivity contribution in [3.05, 3.63) is 29.6 Å². The summed E-state index contributed by atoms with van der Waals surface area (Å²) >= 11 is 0. The van der Waals surface area contributed by atoms with E-state index >= 15 is 0 Å². The van der Waals surface area contributed by atoms with Crippen LogP contribution in [0.5, 0.6) is 0 Å². The van der Waals surface area contributed by atoms with Crippen LogP contribution in [0.2, 0.25) is 0 Å². The van der Waals surface area contributed by atoms with Gasteiger partial charge < -0.3 is 5.32 Å². The molecule has 0 fully saturated rings. The molecule has 1 heterocycles. The van der Waals surface area contributed by atoms with Crippen LogP contribution in [-0.2, 0) is 0 Å². The molecule has 1 rings (SSSR count). The van der Waals surface area contributed by atoms with Crippen LogP contribution < -0.4 is 5.32 Å². The third-order valence-corrected chi connectivity index (χ3v) is 3.41. The summed E-state index contributed by atoms with van der Waals surface area (Å²) in [7, 11) is 0. The zero-order chi connectivity index (χ0) is 12.0. The minimum absolute atomic E-state index is 0.397. The highest BCUT2D eigenvalue weighted by Crippen LogP contribution is 2.16. The molecule has 2 heteroatoms. The van der Waals surface area contributed by atoms with Crippen molar-refractivity contribution < 1.29 is 0 Å². The highest BCUT2D eigenvalue weighted by atomic mass is 14.9. The van der Waals surface area contributed by atoms with Crippen LogP contribution >= 0.6 is 0 Å². The lowest BCUT2D eigenvalue weighted by atomic mass is 10.0. The molecule has 0 aromatic carbocycles. The number of nitrogens with one attached hydrogen (secondary N) is 1. The molecule has 0 amide bonds. The van der Waals surface area contributed by atoms with E-state index in [1.54, 1.807) is 0 Å². The van der Waals surface area contributed by atoms with Crippen LogP contribution in [0.4, 0.5) is 0 Å². The zero-order valence-electron chi connectivity index (χ0n) is 11.0. The topological polar surface area (TPSA) is 24.9 Å². The number of hydrogen-bond donors (Lipinski definition) is 1. The minimum Gasteiger partial charge on any atom is -0.310 e. The molecule has 0 saturated carbocycles. The number of aryl methyl sites for hydroxylation is 1. The molecule has 0 aliphatic carbocycles. The largest absolute Gasteiger partial charge is 0.310 e. The van der Waals surface area contributed by atoms with E-state index in [9.17, 15) is 0 Å². The third-order valence-electron chi connectivity index (χ3n) is 3.41. The Kier molecular flexibility index (Phi) is 5.47. The van der Waals surface area contributed by atoms with E-state index in [2.05, 4.69) is 44.1 Å². The second kappa shape index (κ2) is 6.64. The van der Waals surface area contributed by atoms with Crippen LogP contribution in [0.3, 0.4) is 0 Å². The minimum atomic E-state index is 0.397. The molecule has 0 aliphatic rings. The molecule has 1 N–H and O–H groups in total. The molecular weight excluding hydrogens is 196 g/mol. The maximum Gasteiger partial charge on any atom is 0.0318 e. The molecule has 1 aromatic rings. The van der Waals surface area contributed by atoms with Gasteiger partial charge in [-0.25, -0.2) is 0 Å². The van der Waals surface area contributed by atoms with Crippen molar-refractivity contribution in [3.8, 4) is 0 Å². The highest BCUT2D eigenvalue weighted by molar-refractivity contribution is 5.24. The first kappa shape index (κ1) is 13.2. The molecule has 90 valence electrons. The van der Waals surface area contributed by atoms with Crippen LogP contribution in [0.25, 0.3) is 0 Å². The first-order valence-electron chi connectivity index (χ1n) is 6.32. The van der Waals surface area contributed by atoms with E-state index in [0.29, 0.717) is 6.04 Å². The molecule has 0 bridgehead atoms. The quantitative estimate of drug-likeness (QED) is 0.794. The van der Waals surface area contributed by atoms with Gasteiger partial charge in [0, 0.05) is 18.4 Å². The summed E-state index contributed by atoms with van der Waals surface area (Å²) in [6, 6.07) is 2.47. The van der Waals surface area contributed by atoms with Crippen molar-refractivity contribution in [1.82, 2.24) is 10.3 Å². The summed E-state index contributed by atoms with van der Waals surface area (Å²) in [5.74, 6) is 0.791. The van der Waals surface area contributed by atoms with E-state index in [1.807, 2.05) is 12.4 Å². The fourth-order valence-electron chi connectivity index (χ4n) is 1.96. The Morgan fingerprint density at radius 3 is 2.56 bits per heavy atom. The molecule has 0 aliphatic heterocycles. The fourth-order valence-corrected chi connectivity index (χ4v) is 1.96. The van der Waals surface area contributed by atoms with E-state index in [1.165, 1.54) is 24.0 Å². The van der Waals surface area contributed by atoms with Gasteiger partial charge in [0.2, 0.25) is 0 Å². The standard InChI is InChI=1S/C14H24N2/c1-5-13(6-2)9-16-12(4)14-10-15-8-7-11(14)3/h7-8,10,12-13,16H,5-6,9H2,1-4H3. The fraction of sp³-hybridized carbons (Fsp3) is 0.643. The predicted octanol–water partition coefficient (Wildman–Crippen LogP) is 3.48. The van der Waals surface area contributed by atoms with Crippen molar-refractivity contribution in [2.24, 2.45) is 5.92 Å². The number of nitrogens with zero attached hydrogens (tertiary/aromatic N) is 1. The average Bonchev–Trinajstić information content (AvgIpc) is 2.30. The van der Waals surface area contributed by atoms with E-state index in [4.69, 9.17) is 0 Å². The summed E-state index contributed by atoms with van der Waals surface area (Å²) in [4.78, 5) is 4.19. The van der Waals surface area contributed by atoms with Gasteiger partial charge in [0.05, 0.1) is 0 Å². The SMILES string of the molecule is CCC(CC)CNC(C)c1cnccc1C. The summed E-state index contributed by atoms with van der Waals surface area (Å²) < 4.78 is 0. The van der Waals surface area contributed by atoms with Crippen LogP contribution in [0.15, 0.2) is 18.5 Å². The van der Waals surface area contributed by atoms with E-state index < -0.39 is 0 Å². The Hall–Kier alpha value is -0.890. The first-order valence-corrected chi connectivity index (χ1v) is 6.32. The average molecular weight is 220 g/mol. The van der Waals surface area contributed by atoms with E-state index in [-0.39, 0.29) is 0 Å². The molecular formula is C14H24N2. The second-order valence-electron chi connectivity index (χ2n) is 4.54. The van der Waals surface area contributed by atoms with Crippen molar-refractivity contribution in [3.63, 3.8) is 0 Å². The second-order valence-corrected chi connectivity index (χ2v) is 4.54. The first-order chi connectivity index (χ1) is 7.69. The van der Waals surface area contributed by atoms with Crippen LogP contribution in [0.1, 0.15) is 50.8 Å². The number of rotatable bonds is 6. The lowest BCUT2D eigenvalue weighted by Crippen LogP contribution is -2.25. The van der Waals surface area contributed by atoms with Gasteiger partial charge in [0.1, 0.15) is 0 Å².